The van der Waals surface area contributed by atoms with Crippen molar-refractivity contribution in [2.24, 2.45) is 0 Å². The van der Waals surface area contributed by atoms with Gasteiger partial charge in [0.15, 0.2) is 0 Å². The molecule has 0 unspecified atom stereocenters. The SMILES string of the molecule is C=CC(=O)OCc1ccc(CCc2ccc(CCc3ccc(COC(=O)C=C)cc3)c3c2CCCC3)cc1. The lowest BCUT2D eigenvalue weighted by atomic mass is 9.82. The summed E-state index contributed by atoms with van der Waals surface area (Å²) in [4.78, 5) is 22.5. The summed E-state index contributed by atoms with van der Waals surface area (Å²) < 4.78 is 10.2. The van der Waals surface area contributed by atoms with Crippen LogP contribution in [0.5, 0.6) is 0 Å². The third-order valence-electron chi connectivity index (χ3n) is 7.24. The number of benzene rings is 3. The second-order valence-electron chi connectivity index (χ2n) is 9.80. The van der Waals surface area contributed by atoms with E-state index in [-0.39, 0.29) is 13.2 Å². The predicted octanol–water partition coefficient (Wildman–Crippen LogP) is 6.59. The van der Waals surface area contributed by atoms with E-state index in [0.29, 0.717) is 0 Å². The summed E-state index contributed by atoms with van der Waals surface area (Å²) in [5, 5.41) is 0. The number of carbonyl (C=O) groups excluding carboxylic acids is 2. The number of ether oxygens (including phenoxy) is 2. The number of aryl methyl sites for hydroxylation is 4. The van der Waals surface area contributed by atoms with Gasteiger partial charge in [0.05, 0.1) is 0 Å². The molecule has 3 aromatic carbocycles. The van der Waals surface area contributed by atoms with Crippen molar-refractivity contribution in [1.82, 2.24) is 0 Å². The van der Waals surface area contributed by atoms with E-state index < -0.39 is 11.9 Å². The van der Waals surface area contributed by atoms with Crippen LogP contribution in [0.1, 0.15) is 57.3 Å². The number of hydrogen-bond donors (Lipinski definition) is 0. The van der Waals surface area contributed by atoms with E-state index >= 15 is 0 Å². The minimum absolute atomic E-state index is 0.273. The fourth-order valence-electron chi connectivity index (χ4n) is 5.07. The van der Waals surface area contributed by atoms with E-state index in [9.17, 15) is 9.59 Å². The van der Waals surface area contributed by atoms with Gasteiger partial charge in [-0.25, -0.2) is 9.59 Å². The van der Waals surface area contributed by atoms with Crippen molar-refractivity contribution < 1.29 is 19.1 Å². The Morgan fingerprint density at radius 2 is 0.947 bits per heavy atom. The van der Waals surface area contributed by atoms with Crippen molar-refractivity contribution in [1.29, 1.82) is 0 Å². The molecule has 196 valence electrons. The van der Waals surface area contributed by atoms with Gasteiger partial charge in [-0.15, -0.1) is 0 Å². The zero-order chi connectivity index (χ0) is 26.7. The summed E-state index contributed by atoms with van der Waals surface area (Å²) in [5.41, 5.74) is 10.6. The molecular weight excluding hydrogens is 472 g/mol. The van der Waals surface area contributed by atoms with Gasteiger partial charge < -0.3 is 9.47 Å². The van der Waals surface area contributed by atoms with E-state index in [0.717, 1.165) is 36.8 Å². The minimum Gasteiger partial charge on any atom is -0.458 e. The molecule has 1 aliphatic rings. The quantitative estimate of drug-likeness (QED) is 0.204. The normalized spacial score (nSPS) is 12.3. The smallest absolute Gasteiger partial charge is 0.330 e. The molecule has 3 aromatic rings. The average Bonchev–Trinajstić information content (AvgIpc) is 2.97. The van der Waals surface area contributed by atoms with Gasteiger partial charge in [-0.05, 0) is 95.9 Å². The molecular formula is C34H36O4. The van der Waals surface area contributed by atoms with Gasteiger partial charge in [-0.2, -0.15) is 0 Å². The molecule has 0 N–H and O–H groups in total. The second-order valence-corrected chi connectivity index (χ2v) is 9.80. The first-order chi connectivity index (χ1) is 18.6. The Morgan fingerprint density at radius 1 is 0.579 bits per heavy atom. The molecule has 0 aliphatic heterocycles. The largest absolute Gasteiger partial charge is 0.458 e. The molecule has 0 fully saturated rings. The Morgan fingerprint density at radius 3 is 1.32 bits per heavy atom. The van der Waals surface area contributed by atoms with Gasteiger partial charge in [-0.1, -0.05) is 73.8 Å². The highest BCUT2D eigenvalue weighted by molar-refractivity contribution is 5.81. The van der Waals surface area contributed by atoms with Crippen LogP contribution in [0, 0.1) is 0 Å². The number of hydrogen-bond acceptors (Lipinski definition) is 4. The molecule has 4 nitrogen and oxygen atoms in total. The van der Waals surface area contributed by atoms with Crippen LogP contribution in [0.2, 0.25) is 0 Å². The zero-order valence-corrected chi connectivity index (χ0v) is 22.0. The molecule has 0 aromatic heterocycles. The predicted molar refractivity (Wildman–Crippen MR) is 151 cm³/mol. The first-order valence-electron chi connectivity index (χ1n) is 13.4. The van der Waals surface area contributed by atoms with Crippen LogP contribution in [-0.4, -0.2) is 11.9 Å². The molecule has 4 rings (SSSR count). The van der Waals surface area contributed by atoms with E-state index in [1.54, 1.807) is 11.1 Å². The minimum atomic E-state index is -0.399. The maximum absolute atomic E-state index is 11.3. The molecule has 0 radical (unpaired) electrons. The first-order valence-corrected chi connectivity index (χ1v) is 13.4. The molecule has 0 bridgehead atoms. The number of esters is 2. The van der Waals surface area contributed by atoms with E-state index in [2.05, 4.69) is 49.6 Å². The zero-order valence-electron chi connectivity index (χ0n) is 22.0. The molecule has 0 saturated heterocycles. The van der Waals surface area contributed by atoms with E-state index in [1.165, 1.54) is 60.1 Å². The molecule has 4 heteroatoms. The van der Waals surface area contributed by atoms with Gasteiger partial charge in [0.25, 0.3) is 0 Å². The highest BCUT2D eigenvalue weighted by atomic mass is 16.5. The number of rotatable bonds is 12. The Hall–Kier alpha value is -3.92. The maximum atomic E-state index is 11.3. The van der Waals surface area contributed by atoms with Crippen LogP contribution < -0.4 is 0 Å². The van der Waals surface area contributed by atoms with Crippen LogP contribution in [-0.2, 0) is 70.8 Å². The molecule has 0 amide bonds. The Balaban J connectivity index is 1.35. The third-order valence-corrected chi connectivity index (χ3v) is 7.24. The van der Waals surface area contributed by atoms with E-state index in [1.807, 2.05) is 24.3 Å². The van der Waals surface area contributed by atoms with Crippen LogP contribution >= 0.6 is 0 Å². The summed E-state index contributed by atoms with van der Waals surface area (Å²) >= 11 is 0. The van der Waals surface area contributed by atoms with Gasteiger partial charge >= 0.3 is 11.9 Å². The second kappa shape index (κ2) is 13.6. The molecule has 1 aliphatic carbocycles. The first kappa shape index (κ1) is 27.1. The van der Waals surface area contributed by atoms with Crippen molar-refractivity contribution in [3.63, 3.8) is 0 Å². The van der Waals surface area contributed by atoms with Crippen molar-refractivity contribution in [3.05, 3.63) is 130 Å². The number of carbonyl (C=O) groups is 2. The monoisotopic (exact) mass is 508 g/mol. The van der Waals surface area contributed by atoms with Crippen LogP contribution in [0.4, 0.5) is 0 Å². The van der Waals surface area contributed by atoms with Crippen LogP contribution in [0.25, 0.3) is 0 Å². The van der Waals surface area contributed by atoms with Crippen molar-refractivity contribution in [2.75, 3.05) is 0 Å². The van der Waals surface area contributed by atoms with Gasteiger partial charge in [0, 0.05) is 12.2 Å². The highest BCUT2D eigenvalue weighted by Crippen LogP contribution is 2.29. The molecule has 0 saturated carbocycles. The molecule has 0 atom stereocenters. The van der Waals surface area contributed by atoms with Crippen molar-refractivity contribution >= 4 is 11.9 Å². The van der Waals surface area contributed by atoms with E-state index in [4.69, 9.17) is 9.47 Å². The lowest BCUT2D eigenvalue weighted by molar-refractivity contribution is -0.139. The van der Waals surface area contributed by atoms with Gasteiger partial charge in [0.2, 0.25) is 0 Å². The van der Waals surface area contributed by atoms with Crippen LogP contribution in [0.3, 0.4) is 0 Å². The summed E-state index contributed by atoms with van der Waals surface area (Å²) in [6.07, 6.45) is 11.3. The highest BCUT2D eigenvalue weighted by Gasteiger charge is 2.17. The molecule has 0 heterocycles. The topological polar surface area (TPSA) is 52.6 Å². The number of fused-ring (bicyclic) bond motifs is 1. The fraction of sp³-hybridized carbons (Fsp3) is 0.294. The van der Waals surface area contributed by atoms with Crippen LogP contribution in [0.15, 0.2) is 86.0 Å². The summed E-state index contributed by atoms with van der Waals surface area (Å²) in [6, 6.07) is 21.3. The average molecular weight is 509 g/mol. The Labute approximate surface area is 226 Å². The summed E-state index contributed by atoms with van der Waals surface area (Å²) in [7, 11) is 0. The standard InChI is InChI=1S/C34H36O4/c1-3-33(35)37-23-27-13-9-25(10-14-27)17-19-29-21-22-30(32-8-6-5-7-31(29)32)20-18-26-11-15-28(16-12-26)24-38-34(36)4-2/h3-4,9-16,21-22H,1-2,5-8,17-20,23-24H2. The van der Waals surface area contributed by atoms with Crippen molar-refractivity contribution in [3.8, 4) is 0 Å². The fourth-order valence-corrected chi connectivity index (χ4v) is 5.07. The third kappa shape index (κ3) is 7.55. The summed E-state index contributed by atoms with van der Waals surface area (Å²) in [6.45, 7) is 7.40. The Bertz CT molecular complexity index is 1170. The molecule has 38 heavy (non-hydrogen) atoms. The lowest BCUT2D eigenvalue weighted by Gasteiger charge is -2.23. The Kier molecular flexibility index (Phi) is 9.69. The van der Waals surface area contributed by atoms with Gasteiger partial charge in [0.1, 0.15) is 13.2 Å². The summed E-state index contributed by atoms with van der Waals surface area (Å²) in [5.74, 6) is -0.798. The lowest BCUT2D eigenvalue weighted by Crippen LogP contribution is -2.11. The van der Waals surface area contributed by atoms with Crippen molar-refractivity contribution in [2.45, 2.75) is 64.6 Å². The van der Waals surface area contributed by atoms with Gasteiger partial charge in [-0.3, -0.25) is 0 Å². The maximum Gasteiger partial charge on any atom is 0.330 e. The molecule has 0 spiro atoms.